The molecule has 1 aliphatic rings. The topological polar surface area (TPSA) is 44.5 Å². The predicted octanol–water partition coefficient (Wildman–Crippen LogP) is 2.53. The summed E-state index contributed by atoms with van der Waals surface area (Å²) in [5.41, 5.74) is 6.83. The third-order valence-corrected chi connectivity index (χ3v) is 2.88. The van der Waals surface area contributed by atoms with Gasteiger partial charge in [0.1, 0.15) is 11.9 Å². The quantitative estimate of drug-likeness (QED) is 0.885. The third-order valence-electron chi connectivity index (χ3n) is 2.64. The van der Waals surface area contributed by atoms with Crippen LogP contribution in [-0.4, -0.2) is 19.3 Å². The molecule has 2 rings (SSSR count). The Kier molecular flexibility index (Phi) is 3.69. The van der Waals surface area contributed by atoms with Crippen LogP contribution in [0.15, 0.2) is 18.2 Å². The molecule has 88 valence electrons. The Bertz CT molecular complexity index is 362. The Hall–Kier alpha value is -0.770. The van der Waals surface area contributed by atoms with Gasteiger partial charge in [0.25, 0.3) is 0 Å². The summed E-state index contributed by atoms with van der Waals surface area (Å²) in [6.07, 6.45) is 1.07. The minimum atomic E-state index is -0.0870. The van der Waals surface area contributed by atoms with Crippen molar-refractivity contribution in [3.63, 3.8) is 0 Å². The molecular weight excluding hydrogens is 226 g/mol. The molecule has 1 fully saturated rings. The highest BCUT2D eigenvalue weighted by molar-refractivity contribution is 6.30. The van der Waals surface area contributed by atoms with E-state index in [4.69, 9.17) is 26.8 Å². The van der Waals surface area contributed by atoms with E-state index in [1.165, 1.54) is 0 Å². The first kappa shape index (κ1) is 11.7. The lowest BCUT2D eigenvalue weighted by atomic mass is 10.1. The molecule has 3 nitrogen and oxygen atoms in total. The van der Waals surface area contributed by atoms with Crippen LogP contribution in [0.25, 0.3) is 0 Å². The number of rotatable bonds is 3. The Morgan fingerprint density at radius 3 is 3.00 bits per heavy atom. The lowest BCUT2D eigenvalue weighted by Gasteiger charge is -2.17. The van der Waals surface area contributed by atoms with Gasteiger partial charge in [0.2, 0.25) is 0 Å². The SMILES string of the molecule is C[C@H](N)c1cc(Cl)ccc1OC1CCOC1. The number of halogens is 1. The zero-order valence-electron chi connectivity index (χ0n) is 9.28. The molecule has 1 saturated heterocycles. The van der Waals surface area contributed by atoms with Crippen LogP contribution >= 0.6 is 11.6 Å². The fraction of sp³-hybridized carbons (Fsp3) is 0.500. The van der Waals surface area contributed by atoms with E-state index in [1.807, 2.05) is 25.1 Å². The van der Waals surface area contributed by atoms with Gasteiger partial charge in [-0.3, -0.25) is 0 Å². The van der Waals surface area contributed by atoms with Gasteiger partial charge in [0.05, 0.1) is 13.2 Å². The summed E-state index contributed by atoms with van der Waals surface area (Å²) in [6.45, 7) is 3.34. The molecule has 4 heteroatoms. The molecule has 0 bridgehead atoms. The van der Waals surface area contributed by atoms with Crippen molar-refractivity contribution < 1.29 is 9.47 Å². The Labute approximate surface area is 100 Å². The van der Waals surface area contributed by atoms with Crippen LogP contribution < -0.4 is 10.5 Å². The number of ether oxygens (including phenoxy) is 2. The normalized spacial score (nSPS) is 22.1. The smallest absolute Gasteiger partial charge is 0.124 e. The first-order valence-corrected chi connectivity index (χ1v) is 5.84. The molecule has 0 spiro atoms. The Balaban J connectivity index is 2.18. The second kappa shape index (κ2) is 5.04. The summed E-state index contributed by atoms with van der Waals surface area (Å²) in [5, 5.41) is 0.683. The molecule has 1 aliphatic heterocycles. The Morgan fingerprint density at radius 1 is 1.56 bits per heavy atom. The van der Waals surface area contributed by atoms with Crippen molar-refractivity contribution in [1.29, 1.82) is 0 Å². The van der Waals surface area contributed by atoms with Gasteiger partial charge in [-0.1, -0.05) is 11.6 Å². The van der Waals surface area contributed by atoms with E-state index in [-0.39, 0.29) is 12.1 Å². The lowest BCUT2D eigenvalue weighted by Crippen LogP contribution is -2.18. The zero-order valence-corrected chi connectivity index (χ0v) is 10.0. The first-order valence-electron chi connectivity index (χ1n) is 5.46. The molecule has 1 heterocycles. The molecule has 0 amide bonds. The van der Waals surface area contributed by atoms with Crippen LogP contribution in [0.5, 0.6) is 5.75 Å². The van der Waals surface area contributed by atoms with Crippen LogP contribution in [0.3, 0.4) is 0 Å². The monoisotopic (exact) mass is 241 g/mol. The Morgan fingerprint density at radius 2 is 2.38 bits per heavy atom. The largest absolute Gasteiger partial charge is 0.488 e. The van der Waals surface area contributed by atoms with Gasteiger partial charge in [-0.15, -0.1) is 0 Å². The molecule has 2 N–H and O–H groups in total. The number of hydrogen-bond donors (Lipinski definition) is 1. The maximum absolute atomic E-state index is 5.94. The number of benzene rings is 1. The lowest BCUT2D eigenvalue weighted by molar-refractivity contribution is 0.140. The van der Waals surface area contributed by atoms with Gasteiger partial charge in [0, 0.05) is 23.0 Å². The summed E-state index contributed by atoms with van der Waals surface area (Å²) in [6, 6.07) is 5.46. The highest BCUT2D eigenvalue weighted by Crippen LogP contribution is 2.29. The van der Waals surface area contributed by atoms with E-state index in [1.54, 1.807) is 0 Å². The van der Waals surface area contributed by atoms with Crippen molar-refractivity contribution in [1.82, 2.24) is 0 Å². The minimum Gasteiger partial charge on any atom is -0.488 e. The average Bonchev–Trinajstić information content (AvgIpc) is 2.73. The first-order chi connectivity index (χ1) is 7.66. The zero-order chi connectivity index (χ0) is 11.5. The number of hydrogen-bond acceptors (Lipinski definition) is 3. The second-order valence-corrected chi connectivity index (χ2v) is 4.51. The third kappa shape index (κ3) is 2.67. The average molecular weight is 242 g/mol. The second-order valence-electron chi connectivity index (χ2n) is 4.07. The van der Waals surface area contributed by atoms with Gasteiger partial charge in [-0.05, 0) is 25.1 Å². The molecule has 0 saturated carbocycles. The van der Waals surface area contributed by atoms with Crippen molar-refractivity contribution in [2.75, 3.05) is 13.2 Å². The van der Waals surface area contributed by atoms with Crippen molar-refractivity contribution in [2.24, 2.45) is 5.73 Å². The fourth-order valence-electron chi connectivity index (χ4n) is 1.77. The molecule has 2 atom stereocenters. The summed E-state index contributed by atoms with van der Waals surface area (Å²) >= 11 is 5.94. The molecule has 1 aromatic carbocycles. The molecule has 0 radical (unpaired) electrons. The summed E-state index contributed by atoms with van der Waals surface area (Å²) in [4.78, 5) is 0. The molecule has 1 unspecified atom stereocenters. The summed E-state index contributed by atoms with van der Waals surface area (Å²) < 4.78 is 11.1. The van der Waals surface area contributed by atoms with Crippen molar-refractivity contribution >= 4 is 11.6 Å². The van der Waals surface area contributed by atoms with Crippen molar-refractivity contribution in [3.8, 4) is 5.75 Å². The van der Waals surface area contributed by atoms with E-state index < -0.39 is 0 Å². The van der Waals surface area contributed by atoms with E-state index in [0.717, 1.165) is 24.3 Å². The fourth-order valence-corrected chi connectivity index (χ4v) is 1.95. The van der Waals surface area contributed by atoms with Crippen molar-refractivity contribution in [2.45, 2.75) is 25.5 Å². The molecule has 0 aliphatic carbocycles. The van der Waals surface area contributed by atoms with Gasteiger partial charge in [-0.2, -0.15) is 0 Å². The number of nitrogens with two attached hydrogens (primary N) is 1. The molecule has 0 aromatic heterocycles. The van der Waals surface area contributed by atoms with Gasteiger partial charge in [0.15, 0.2) is 0 Å². The van der Waals surface area contributed by atoms with E-state index in [0.29, 0.717) is 11.6 Å². The molecular formula is C12H16ClNO2. The highest BCUT2D eigenvalue weighted by Gasteiger charge is 2.19. The van der Waals surface area contributed by atoms with E-state index >= 15 is 0 Å². The van der Waals surface area contributed by atoms with Crippen LogP contribution in [0.2, 0.25) is 5.02 Å². The predicted molar refractivity (Wildman–Crippen MR) is 63.9 cm³/mol. The van der Waals surface area contributed by atoms with Gasteiger partial charge < -0.3 is 15.2 Å². The van der Waals surface area contributed by atoms with E-state index in [2.05, 4.69) is 0 Å². The summed E-state index contributed by atoms with van der Waals surface area (Å²) in [7, 11) is 0. The minimum absolute atomic E-state index is 0.0870. The standard InChI is InChI=1S/C12H16ClNO2/c1-8(14)11-6-9(13)2-3-12(11)16-10-4-5-15-7-10/h2-3,6,8,10H,4-5,7,14H2,1H3/t8-,10?/m0/s1. The van der Waals surface area contributed by atoms with Crippen LogP contribution in [0.4, 0.5) is 0 Å². The van der Waals surface area contributed by atoms with Gasteiger partial charge >= 0.3 is 0 Å². The van der Waals surface area contributed by atoms with Crippen LogP contribution in [0.1, 0.15) is 24.9 Å². The highest BCUT2D eigenvalue weighted by atomic mass is 35.5. The summed E-state index contributed by atoms with van der Waals surface area (Å²) in [5.74, 6) is 0.815. The van der Waals surface area contributed by atoms with Crippen molar-refractivity contribution in [3.05, 3.63) is 28.8 Å². The molecule has 1 aromatic rings. The molecule has 16 heavy (non-hydrogen) atoms. The van der Waals surface area contributed by atoms with E-state index in [9.17, 15) is 0 Å². The van der Waals surface area contributed by atoms with Crippen LogP contribution in [0, 0.1) is 0 Å². The van der Waals surface area contributed by atoms with Gasteiger partial charge in [-0.25, -0.2) is 0 Å². The van der Waals surface area contributed by atoms with Crippen LogP contribution in [-0.2, 0) is 4.74 Å². The maximum Gasteiger partial charge on any atom is 0.124 e. The maximum atomic E-state index is 5.94.